The minimum Gasteiger partial charge on any atom is -0.369 e. The van der Waals surface area contributed by atoms with Crippen molar-refractivity contribution in [3.05, 3.63) is 0 Å². The molecule has 0 aliphatic heterocycles. The van der Waals surface area contributed by atoms with Gasteiger partial charge in [-0.2, -0.15) is 0 Å². The van der Waals surface area contributed by atoms with E-state index in [-0.39, 0.29) is 31.0 Å². The molecule has 0 rings (SSSR count). The summed E-state index contributed by atoms with van der Waals surface area (Å²) in [5.74, 6) is 4.34. The van der Waals surface area contributed by atoms with Gasteiger partial charge in [0.25, 0.3) is 0 Å². The second-order valence-corrected chi connectivity index (χ2v) is 3.85. The minimum absolute atomic E-state index is 0.0685. The summed E-state index contributed by atoms with van der Waals surface area (Å²) in [4.78, 5) is 23.7. The lowest BCUT2D eigenvalue weighted by molar-refractivity contribution is -0.124. The zero-order valence-electron chi connectivity index (χ0n) is 9.49. The molecule has 0 fully saturated rings. The Morgan fingerprint density at radius 2 is 1.87 bits per heavy atom. The van der Waals surface area contributed by atoms with Crippen LogP contribution in [0.1, 0.15) is 27.2 Å². The van der Waals surface area contributed by atoms with Crippen LogP contribution in [0.15, 0.2) is 0 Å². The molecule has 0 radical (unpaired) electrons. The van der Waals surface area contributed by atoms with Gasteiger partial charge in [-0.05, 0) is 20.8 Å². The number of hydrogen-bond acceptors (Lipinski definition) is 4. The first-order chi connectivity index (χ1) is 6.88. The zero-order valence-corrected chi connectivity index (χ0v) is 9.49. The van der Waals surface area contributed by atoms with Gasteiger partial charge in [0.15, 0.2) is 0 Å². The van der Waals surface area contributed by atoms with E-state index in [0.717, 1.165) is 0 Å². The van der Waals surface area contributed by atoms with E-state index in [0.29, 0.717) is 0 Å². The lowest BCUT2D eigenvalue weighted by Gasteiger charge is -2.31. The first kappa shape index (κ1) is 13.9. The highest BCUT2D eigenvalue weighted by molar-refractivity contribution is 5.77. The normalized spacial score (nSPS) is 12.9. The molecule has 0 saturated heterocycles. The molecule has 0 saturated carbocycles. The van der Waals surface area contributed by atoms with Crippen molar-refractivity contribution in [2.45, 2.75) is 39.3 Å². The average molecular weight is 216 g/mol. The summed E-state index contributed by atoms with van der Waals surface area (Å²) in [5.41, 5.74) is 7.19. The van der Waals surface area contributed by atoms with Crippen LogP contribution in [0.4, 0.5) is 0 Å². The molecule has 0 aliphatic carbocycles. The molecule has 0 aromatic carbocycles. The van der Waals surface area contributed by atoms with Gasteiger partial charge in [-0.3, -0.25) is 19.9 Å². The molecule has 0 bridgehead atoms. The van der Waals surface area contributed by atoms with E-state index in [1.165, 1.54) is 0 Å². The second kappa shape index (κ2) is 6.36. The Kier molecular flexibility index (Phi) is 5.88. The van der Waals surface area contributed by atoms with E-state index >= 15 is 0 Å². The van der Waals surface area contributed by atoms with E-state index in [2.05, 4.69) is 5.43 Å². The standard InChI is InChI=1S/C9H20N4O2/c1-6(2)13(5-8(10)14)7(3)4-9(15)12-11/h6-7H,4-5,11H2,1-3H3,(H2,10,14)(H,12,15). The number of carbonyl (C=O) groups excluding carboxylic acids is 2. The lowest BCUT2D eigenvalue weighted by Crippen LogP contribution is -2.46. The smallest absolute Gasteiger partial charge is 0.235 e. The second-order valence-electron chi connectivity index (χ2n) is 3.85. The molecule has 88 valence electrons. The summed E-state index contributed by atoms with van der Waals surface area (Å²) in [6, 6.07) is 0.0825. The largest absolute Gasteiger partial charge is 0.369 e. The number of amides is 2. The van der Waals surface area contributed by atoms with Gasteiger partial charge in [0.1, 0.15) is 0 Å². The van der Waals surface area contributed by atoms with Crippen molar-refractivity contribution >= 4 is 11.8 Å². The predicted octanol–water partition coefficient (Wildman–Crippen LogP) is -1.05. The third-order valence-corrected chi connectivity index (χ3v) is 2.21. The summed E-state index contributed by atoms with van der Waals surface area (Å²) in [7, 11) is 0. The average Bonchev–Trinajstić information content (AvgIpc) is 2.12. The van der Waals surface area contributed by atoms with Gasteiger partial charge in [0.2, 0.25) is 11.8 Å². The number of nitrogens with two attached hydrogens (primary N) is 2. The fourth-order valence-corrected chi connectivity index (χ4v) is 1.47. The third kappa shape index (κ3) is 5.34. The Balaban J connectivity index is 4.34. The van der Waals surface area contributed by atoms with Crippen molar-refractivity contribution in [2.24, 2.45) is 11.6 Å². The van der Waals surface area contributed by atoms with Gasteiger partial charge in [-0.1, -0.05) is 0 Å². The molecular formula is C9H20N4O2. The van der Waals surface area contributed by atoms with Crippen LogP contribution in [0.25, 0.3) is 0 Å². The van der Waals surface area contributed by atoms with Crippen molar-refractivity contribution in [3.63, 3.8) is 0 Å². The first-order valence-electron chi connectivity index (χ1n) is 4.92. The van der Waals surface area contributed by atoms with Crippen molar-refractivity contribution < 1.29 is 9.59 Å². The third-order valence-electron chi connectivity index (χ3n) is 2.21. The minimum atomic E-state index is -0.399. The van der Waals surface area contributed by atoms with Crippen molar-refractivity contribution in [3.8, 4) is 0 Å². The van der Waals surface area contributed by atoms with Crippen molar-refractivity contribution in [1.29, 1.82) is 0 Å². The van der Waals surface area contributed by atoms with Gasteiger partial charge in [-0.25, -0.2) is 5.84 Å². The molecule has 0 spiro atoms. The van der Waals surface area contributed by atoms with Crippen LogP contribution < -0.4 is 17.0 Å². The molecule has 0 aromatic heterocycles. The highest BCUT2D eigenvalue weighted by Crippen LogP contribution is 2.08. The maximum absolute atomic E-state index is 11.1. The molecule has 0 aliphatic rings. The number of hydrazine groups is 1. The highest BCUT2D eigenvalue weighted by Gasteiger charge is 2.20. The summed E-state index contributed by atoms with van der Waals surface area (Å²) >= 11 is 0. The molecule has 2 amide bonds. The van der Waals surface area contributed by atoms with Crippen LogP contribution in [-0.2, 0) is 9.59 Å². The number of nitrogens with zero attached hydrogens (tertiary/aromatic N) is 1. The molecule has 15 heavy (non-hydrogen) atoms. The number of primary amides is 1. The van der Waals surface area contributed by atoms with Crippen LogP contribution in [-0.4, -0.2) is 35.3 Å². The fourth-order valence-electron chi connectivity index (χ4n) is 1.47. The van der Waals surface area contributed by atoms with Gasteiger partial charge in [-0.15, -0.1) is 0 Å². The number of nitrogens with one attached hydrogen (secondary N) is 1. The van der Waals surface area contributed by atoms with E-state index in [1.54, 1.807) is 0 Å². The van der Waals surface area contributed by atoms with E-state index in [1.807, 2.05) is 25.7 Å². The number of carbonyl (C=O) groups is 2. The maximum Gasteiger partial charge on any atom is 0.235 e. The molecule has 6 nitrogen and oxygen atoms in total. The summed E-state index contributed by atoms with van der Waals surface area (Å²) < 4.78 is 0. The lowest BCUT2D eigenvalue weighted by atomic mass is 10.1. The maximum atomic E-state index is 11.1. The van der Waals surface area contributed by atoms with Gasteiger partial charge in [0, 0.05) is 18.5 Å². The van der Waals surface area contributed by atoms with Crippen molar-refractivity contribution in [2.75, 3.05) is 6.54 Å². The molecule has 1 unspecified atom stereocenters. The Morgan fingerprint density at radius 1 is 1.33 bits per heavy atom. The number of hydrogen-bond donors (Lipinski definition) is 3. The van der Waals surface area contributed by atoms with Crippen LogP contribution in [0.2, 0.25) is 0 Å². The van der Waals surface area contributed by atoms with Crippen molar-refractivity contribution in [1.82, 2.24) is 10.3 Å². The van der Waals surface area contributed by atoms with E-state index in [4.69, 9.17) is 11.6 Å². The highest BCUT2D eigenvalue weighted by atomic mass is 16.2. The van der Waals surface area contributed by atoms with Crippen LogP contribution in [0, 0.1) is 0 Å². The molecule has 5 N–H and O–H groups in total. The molecule has 6 heteroatoms. The monoisotopic (exact) mass is 216 g/mol. The summed E-state index contributed by atoms with van der Waals surface area (Å²) in [6.07, 6.45) is 0.252. The van der Waals surface area contributed by atoms with E-state index in [9.17, 15) is 9.59 Å². The Bertz CT molecular complexity index is 230. The Morgan fingerprint density at radius 3 is 2.20 bits per heavy atom. The van der Waals surface area contributed by atoms with E-state index < -0.39 is 5.91 Å². The zero-order chi connectivity index (χ0) is 12.0. The topological polar surface area (TPSA) is 101 Å². The molecule has 0 aromatic rings. The van der Waals surface area contributed by atoms with Crippen LogP contribution in [0.5, 0.6) is 0 Å². The van der Waals surface area contributed by atoms with Crippen LogP contribution in [0.3, 0.4) is 0 Å². The SMILES string of the molecule is CC(C)N(CC(N)=O)C(C)CC(=O)NN. The molecular weight excluding hydrogens is 196 g/mol. The van der Waals surface area contributed by atoms with Gasteiger partial charge in [0.05, 0.1) is 6.54 Å². The Labute approximate surface area is 89.9 Å². The molecule has 1 atom stereocenters. The quantitative estimate of drug-likeness (QED) is 0.299. The molecule has 0 heterocycles. The number of rotatable bonds is 6. The summed E-state index contributed by atoms with van der Waals surface area (Å²) in [6.45, 7) is 5.90. The van der Waals surface area contributed by atoms with Gasteiger partial charge < -0.3 is 5.73 Å². The predicted molar refractivity (Wildman–Crippen MR) is 57.4 cm³/mol. The van der Waals surface area contributed by atoms with Crippen LogP contribution >= 0.6 is 0 Å². The van der Waals surface area contributed by atoms with Gasteiger partial charge >= 0.3 is 0 Å². The fraction of sp³-hybridized carbons (Fsp3) is 0.778. The summed E-state index contributed by atoms with van der Waals surface area (Å²) in [5, 5.41) is 0. The Hall–Kier alpha value is -1.14. The first-order valence-corrected chi connectivity index (χ1v) is 4.92.